The molecule has 0 aromatic carbocycles. The number of hydrogen-bond acceptors (Lipinski definition) is 3. The molecule has 2 aliphatic carbocycles. The van der Waals surface area contributed by atoms with Crippen molar-refractivity contribution < 1.29 is 4.39 Å². The summed E-state index contributed by atoms with van der Waals surface area (Å²) in [6.45, 7) is 6.26. The molecule has 3 nitrogen and oxygen atoms in total. The fourth-order valence-corrected chi connectivity index (χ4v) is 3.77. The van der Waals surface area contributed by atoms with Crippen molar-refractivity contribution in [3.63, 3.8) is 0 Å². The molecule has 144 valence electrons. The lowest BCUT2D eigenvalue weighted by Gasteiger charge is -2.19. The topological polar surface area (TPSA) is 47.9 Å². The molecule has 0 amide bonds. The van der Waals surface area contributed by atoms with Crippen LogP contribution < -0.4 is 10.6 Å². The zero-order chi connectivity index (χ0) is 18.3. The number of rotatable bonds is 14. The molecule has 0 radical (unpaired) electrons. The van der Waals surface area contributed by atoms with Crippen molar-refractivity contribution in [1.29, 1.82) is 5.41 Å². The summed E-state index contributed by atoms with van der Waals surface area (Å²) in [6.07, 6.45) is 11.1. The first-order chi connectivity index (χ1) is 12.0. The third-order valence-corrected chi connectivity index (χ3v) is 5.67. The summed E-state index contributed by atoms with van der Waals surface area (Å²) < 4.78 is 14.3. The van der Waals surface area contributed by atoms with E-state index in [0.717, 1.165) is 24.0 Å². The van der Waals surface area contributed by atoms with Gasteiger partial charge in [0.05, 0.1) is 6.04 Å². The van der Waals surface area contributed by atoms with Gasteiger partial charge in [-0.15, -0.1) is 11.6 Å². The van der Waals surface area contributed by atoms with Crippen LogP contribution in [0.2, 0.25) is 0 Å². The molecular weight excluding hydrogens is 337 g/mol. The van der Waals surface area contributed by atoms with Gasteiger partial charge in [0, 0.05) is 24.7 Å². The van der Waals surface area contributed by atoms with Crippen LogP contribution in [0, 0.1) is 17.2 Å². The Balaban J connectivity index is 1.63. The number of hydrogen-bond donors (Lipinski definition) is 3. The maximum atomic E-state index is 14.3. The van der Waals surface area contributed by atoms with E-state index in [1.165, 1.54) is 38.3 Å². The van der Waals surface area contributed by atoms with E-state index in [1.54, 1.807) is 0 Å². The van der Waals surface area contributed by atoms with Crippen molar-refractivity contribution in [2.45, 2.75) is 75.9 Å². The second-order valence-corrected chi connectivity index (χ2v) is 8.53. The fourth-order valence-electron chi connectivity index (χ4n) is 3.62. The predicted molar refractivity (Wildman–Crippen MR) is 106 cm³/mol. The Bertz CT molecular complexity index is 444. The summed E-state index contributed by atoms with van der Waals surface area (Å²) in [6, 6.07) is 0.00504. The summed E-state index contributed by atoms with van der Waals surface area (Å²) in [5, 5.41) is 14.2. The lowest BCUT2D eigenvalue weighted by atomic mass is 9.95. The highest BCUT2D eigenvalue weighted by Crippen LogP contribution is 2.46. The third kappa shape index (κ3) is 7.36. The van der Waals surface area contributed by atoms with E-state index in [-0.39, 0.29) is 11.4 Å². The second-order valence-electron chi connectivity index (χ2n) is 7.84. The Hall–Kier alpha value is -0.450. The van der Waals surface area contributed by atoms with Gasteiger partial charge in [-0.1, -0.05) is 19.4 Å². The number of alkyl halides is 2. The van der Waals surface area contributed by atoms with Gasteiger partial charge in [-0.25, -0.2) is 4.39 Å². The van der Waals surface area contributed by atoms with Gasteiger partial charge < -0.3 is 16.0 Å². The molecular formula is C20H35ClFN3. The van der Waals surface area contributed by atoms with Crippen molar-refractivity contribution in [2.24, 2.45) is 11.8 Å². The zero-order valence-electron chi connectivity index (χ0n) is 15.8. The van der Waals surface area contributed by atoms with Gasteiger partial charge in [0.25, 0.3) is 0 Å². The summed E-state index contributed by atoms with van der Waals surface area (Å²) >= 11 is 6.00. The van der Waals surface area contributed by atoms with E-state index >= 15 is 0 Å². The summed E-state index contributed by atoms with van der Waals surface area (Å²) in [4.78, 5) is 0. The minimum absolute atomic E-state index is 0.00504. The molecule has 0 heterocycles. The van der Waals surface area contributed by atoms with Crippen LogP contribution in [0.1, 0.15) is 58.8 Å². The van der Waals surface area contributed by atoms with Crippen LogP contribution >= 0.6 is 11.6 Å². The average molecular weight is 372 g/mol. The van der Waals surface area contributed by atoms with E-state index in [1.807, 2.05) is 13.0 Å². The van der Waals surface area contributed by atoms with E-state index < -0.39 is 5.67 Å². The van der Waals surface area contributed by atoms with Crippen molar-refractivity contribution in [3.05, 3.63) is 11.6 Å². The van der Waals surface area contributed by atoms with E-state index in [2.05, 4.69) is 17.6 Å². The standard InChI is InChI=1S/C20H35ClFN3/c1-3-16(17-6-7-17)5-4-10-25-19(12-23)14-24-13-18(11-15(2)21)20(22)8-9-20/h11-12,15-17,19,23-25H,3-10,13-14H2,1-2H3/b18-11-,23-12?/t15-,16-,19?/m0/s1. The van der Waals surface area contributed by atoms with E-state index in [9.17, 15) is 4.39 Å². The van der Waals surface area contributed by atoms with Gasteiger partial charge in [-0.3, -0.25) is 0 Å². The highest BCUT2D eigenvalue weighted by atomic mass is 35.5. The van der Waals surface area contributed by atoms with Crippen molar-refractivity contribution in [1.82, 2.24) is 10.6 Å². The summed E-state index contributed by atoms with van der Waals surface area (Å²) in [5.41, 5.74) is -0.365. The van der Waals surface area contributed by atoms with Crippen LogP contribution in [-0.2, 0) is 0 Å². The van der Waals surface area contributed by atoms with Crippen molar-refractivity contribution in [2.75, 3.05) is 19.6 Å². The Kier molecular flexibility index (Phi) is 8.37. The van der Waals surface area contributed by atoms with Gasteiger partial charge in [-0.2, -0.15) is 0 Å². The van der Waals surface area contributed by atoms with Crippen LogP contribution in [0.5, 0.6) is 0 Å². The molecule has 0 aromatic rings. The summed E-state index contributed by atoms with van der Waals surface area (Å²) in [7, 11) is 0. The zero-order valence-corrected chi connectivity index (χ0v) is 16.5. The molecule has 2 rings (SSSR count). The molecule has 5 heteroatoms. The van der Waals surface area contributed by atoms with E-state index in [4.69, 9.17) is 17.0 Å². The first-order valence-electron chi connectivity index (χ1n) is 9.97. The Labute approximate surface area is 157 Å². The molecule has 2 fully saturated rings. The van der Waals surface area contributed by atoms with Gasteiger partial charge >= 0.3 is 0 Å². The van der Waals surface area contributed by atoms with Gasteiger partial charge in [0.2, 0.25) is 0 Å². The largest absolute Gasteiger partial charge is 0.311 e. The molecule has 0 aliphatic heterocycles. The molecule has 3 N–H and O–H groups in total. The van der Waals surface area contributed by atoms with Crippen LogP contribution in [-0.4, -0.2) is 42.9 Å². The molecule has 0 bridgehead atoms. The van der Waals surface area contributed by atoms with Crippen LogP contribution in [0.3, 0.4) is 0 Å². The Morgan fingerprint density at radius 1 is 1.40 bits per heavy atom. The third-order valence-electron chi connectivity index (χ3n) is 5.55. The van der Waals surface area contributed by atoms with E-state index in [0.29, 0.717) is 25.9 Å². The molecule has 2 saturated carbocycles. The highest BCUT2D eigenvalue weighted by molar-refractivity contribution is 6.21. The maximum absolute atomic E-state index is 14.3. The smallest absolute Gasteiger partial charge is 0.133 e. The SMILES string of the molecule is CC[C@@H](CCCNC(C=N)CNC/C(=C/[C@H](C)Cl)C1(F)CC1)C1CC1. The lowest BCUT2D eigenvalue weighted by Crippen LogP contribution is -2.41. The number of allylic oxidation sites excluding steroid dienone is 1. The predicted octanol–water partition coefficient (Wildman–Crippen LogP) is 4.46. The van der Waals surface area contributed by atoms with Gasteiger partial charge in [0.1, 0.15) is 5.67 Å². The quantitative estimate of drug-likeness (QED) is 0.183. The number of halogens is 2. The van der Waals surface area contributed by atoms with Crippen LogP contribution in [0.4, 0.5) is 4.39 Å². The maximum Gasteiger partial charge on any atom is 0.133 e. The second kappa shape index (κ2) is 10.0. The molecule has 3 atom stereocenters. The minimum Gasteiger partial charge on any atom is -0.311 e. The monoisotopic (exact) mass is 371 g/mol. The van der Waals surface area contributed by atoms with Gasteiger partial charge in [0.15, 0.2) is 0 Å². The van der Waals surface area contributed by atoms with Crippen LogP contribution in [0.15, 0.2) is 11.6 Å². The first kappa shape index (κ1) is 20.9. The Morgan fingerprint density at radius 2 is 2.12 bits per heavy atom. The average Bonchev–Trinajstić information content (AvgIpc) is 3.49. The first-order valence-corrected chi connectivity index (χ1v) is 10.4. The molecule has 0 saturated heterocycles. The lowest BCUT2D eigenvalue weighted by molar-refractivity contribution is 0.351. The molecule has 2 aliphatic rings. The fraction of sp³-hybridized carbons (Fsp3) is 0.850. The molecule has 0 spiro atoms. The normalized spacial score (nSPS) is 23.1. The summed E-state index contributed by atoms with van der Waals surface area (Å²) in [5.74, 6) is 1.87. The highest BCUT2D eigenvalue weighted by Gasteiger charge is 2.46. The molecule has 25 heavy (non-hydrogen) atoms. The van der Waals surface area contributed by atoms with Crippen molar-refractivity contribution in [3.8, 4) is 0 Å². The Morgan fingerprint density at radius 3 is 2.64 bits per heavy atom. The van der Waals surface area contributed by atoms with Gasteiger partial charge in [-0.05, 0) is 69.4 Å². The molecule has 1 unspecified atom stereocenters. The van der Waals surface area contributed by atoms with Crippen molar-refractivity contribution >= 4 is 17.8 Å². The number of nitrogens with one attached hydrogen (secondary N) is 3. The van der Waals surface area contributed by atoms with Crippen LogP contribution in [0.25, 0.3) is 0 Å². The molecule has 0 aromatic heterocycles. The minimum atomic E-state index is -1.14.